The number of ether oxygens (including phenoxy) is 3. The number of anilines is 1. The molecule has 1 aliphatic carbocycles. The molecule has 0 atom stereocenters. The molecule has 7 nitrogen and oxygen atoms in total. The van der Waals surface area contributed by atoms with Gasteiger partial charge in [-0.2, -0.15) is 0 Å². The van der Waals surface area contributed by atoms with Gasteiger partial charge in [0.1, 0.15) is 5.75 Å². The second kappa shape index (κ2) is 12.0. The lowest BCUT2D eigenvalue weighted by molar-refractivity contribution is -0.117. The number of unbranched alkanes of at least 4 members (excludes halogenated alkanes) is 1. The molecule has 0 spiro atoms. The molecule has 1 amide bonds. The number of nitrogens with one attached hydrogen (secondary N) is 1. The van der Waals surface area contributed by atoms with Crippen molar-refractivity contribution in [1.29, 1.82) is 0 Å². The first kappa shape index (κ1) is 24.9. The highest BCUT2D eigenvalue weighted by Gasteiger charge is 2.20. The molecule has 0 radical (unpaired) electrons. The van der Waals surface area contributed by atoms with Gasteiger partial charge in [0.15, 0.2) is 11.5 Å². The van der Waals surface area contributed by atoms with E-state index < -0.39 is 0 Å². The van der Waals surface area contributed by atoms with Crippen molar-refractivity contribution < 1.29 is 19.0 Å². The molecule has 2 aromatic rings. The van der Waals surface area contributed by atoms with Crippen molar-refractivity contribution in [1.82, 2.24) is 10.2 Å². The lowest BCUT2D eigenvalue weighted by Gasteiger charge is -2.36. The fraction of sp³-hybridized carbons (Fsp3) is 0.464. The van der Waals surface area contributed by atoms with E-state index in [0.29, 0.717) is 12.3 Å². The number of aryl methyl sites for hydroxylation is 1. The molecular weight excluding hydrogens is 442 g/mol. The molecule has 188 valence electrons. The Balaban J connectivity index is 1.18. The average Bonchev–Trinajstić information content (AvgIpc) is 2.91. The fourth-order valence-corrected chi connectivity index (χ4v) is 4.88. The predicted octanol–water partition coefficient (Wildman–Crippen LogP) is 3.76. The van der Waals surface area contributed by atoms with Crippen LogP contribution >= 0.6 is 0 Å². The number of rotatable bonds is 10. The van der Waals surface area contributed by atoms with Crippen molar-refractivity contribution >= 4 is 17.7 Å². The van der Waals surface area contributed by atoms with Crippen LogP contribution in [0.1, 0.15) is 30.4 Å². The van der Waals surface area contributed by atoms with Gasteiger partial charge in [-0.3, -0.25) is 9.69 Å². The Hall–Kier alpha value is -3.19. The Morgan fingerprint density at radius 3 is 2.34 bits per heavy atom. The highest BCUT2D eigenvalue weighted by atomic mass is 16.5. The summed E-state index contributed by atoms with van der Waals surface area (Å²) in [4.78, 5) is 17.6. The number of fused-ring (bicyclic) bond motifs is 1. The largest absolute Gasteiger partial charge is 0.495 e. The summed E-state index contributed by atoms with van der Waals surface area (Å²) in [7, 11) is 5.00. The molecule has 35 heavy (non-hydrogen) atoms. The normalized spacial score (nSPS) is 15.7. The molecule has 0 aromatic heterocycles. The van der Waals surface area contributed by atoms with Crippen LogP contribution in [0, 0.1) is 0 Å². The number of para-hydroxylation sites is 2. The quantitative estimate of drug-likeness (QED) is 0.524. The van der Waals surface area contributed by atoms with Gasteiger partial charge in [-0.1, -0.05) is 12.1 Å². The van der Waals surface area contributed by atoms with Gasteiger partial charge < -0.3 is 24.4 Å². The van der Waals surface area contributed by atoms with Crippen LogP contribution in [0.3, 0.4) is 0 Å². The summed E-state index contributed by atoms with van der Waals surface area (Å²) in [6, 6.07) is 12.2. The minimum absolute atomic E-state index is 0.0378. The van der Waals surface area contributed by atoms with E-state index in [4.69, 9.17) is 14.2 Å². The molecule has 2 aliphatic rings. The van der Waals surface area contributed by atoms with E-state index in [1.807, 2.05) is 30.3 Å². The van der Waals surface area contributed by atoms with Crippen LogP contribution in [0.5, 0.6) is 17.2 Å². The number of methoxy groups -OCH3 is 3. The molecular formula is C28H37N3O4. The van der Waals surface area contributed by atoms with Gasteiger partial charge in [0.2, 0.25) is 5.91 Å². The first-order valence-electron chi connectivity index (χ1n) is 12.5. The molecule has 1 aliphatic heterocycles. The van der Waals surface area contributed by atoms with E-state index in [-0.39, 0.29) is 5.91 Å². The van der Waals surface area contributed by atoms with E-state index in [1.165, 1.54) is 11.3 Å². The summed E-state index contributed by atoms with van der Waals surface area (Å²) in [5.41, 5.74) is 4.23. The maximum Gasteiger partial charge on any atom is 0.247 e. The Morgan fingerprint density at radius 2 is 1.60 bits per heavy atom. The van der Waals surface area contributed by atoms with E-state index >= 15 is 0 Å². The summed E-state index contributed by atoms with van der Waals surface area (Å²) in [5, 5.41) is 3.11. The van der Waals surface area contributed by atoms with Gasteiger partial charge in [-0.15, -0.1) is 0 Å². The SMILES string of the molecule is COc1cc2c(cc1OC)CCC(C(=O)NCCCCN1CCN(c3ccccc3OC)CC1)=C2. The van der Waals surface area contributed by atoms with Crippen LogP contribution in [0.25, 0.3) is 6.08 Å². The van der Waals surface area contributed by atoms with E-state index in [0.717, 1.165) is 81.0 Å². The maximum absolute atomic E-state index is 12.7. The zero-order valence-corrected chi connectivity index (χ0v) is 21.1. The third-order valence-corrected chi connectivity index (χ3v) is 6.92. The van der Waals surface area contributed by atoms with E-state index in [9.17, 15) is 4.79 Å². The maximum atomic E-state index is 12.7. The Morgan fingerprint density at radius 1 is 0.886 bits per heavy atom. The summed E-state index contributed by atoms with van der Waals surface area (Å²) in [6.07, 6.45) is 5.61. The van der Waals surface area contributed by atoms with Crippen LogP contribution in [-0.4, -0.2) is 71.4 Å². The number of hydrogen-bond acceptors (Lipinski definition) is 6. The third kappa shape index (κ3) is 6.09. The Bertz CT molecular complexity index is 1040. The molecule has 0 unspecified atom stereocenters. The first-order valence-corrected chi connectivity index (χ1v) is 12.5. The number of hydrogen-bond donors (Lipinski definition) is 1. The average molecular weight is 480 g/mol. The van der Waals surface area contributed by atoms with Crippen molar-refractivity contribution in [2.24, 2.45) is 0 Å². The first-order chi connectivity index (χ1) is 17.1. The van der Waals surface area contributed by atoms with Crippen molar-refractivity contribution in [3.8, 4) is 17.2 Å². The molecule has 0 bridgehead atoms. The smallest absolute Gasteiger partial charge is 0.247 e. The number of benzene rings is 2. The lowest BCUT2D eigenvalue weighted by Crippen LogP contribution is -2.46. The second-order valence-corrected chi connectivity index (χ2v) is 9.04. The summed E-state index contributed by atoms with van der Waals surface area (Å²) in [5.74, 6) is 2.39. The minimum atomic E-state index is 0.0378. The van der Waals surface area contributed by atoms with Crippen LogP contribution in [-0.2, 0) is 11.2 Å². The zero-order valence-electron chi connectivity index (χ0n) is 21.1. The lowest BCUT2D eigenvalue weighted by atomic mass is 9.91. The molecule has 7 heteroatoms. The monoisotopic (exact) mass is 479 g/mol. The molecule has 1 heterocycles. The fourth-order valence-electron chi connectivity index (χ4n) is 4.88. The van der Waals surface area contributed by atoms with Gasteiger partial charge in [-0.05, 0) is 73.7 Å². The second-order valence-electron chi connectivity index (χ2n) is 9.04. The highest BCUT2D eigenvalue weighted by Crippen LogP contribution is 2.35. The standard InChI is InChI=1S/C28H37N3O4/c1-33-25-9-5-4-8-24(25)31-16-14-30(15-17-31)13-7-6-12-29-28(32)22-11-10-21-19-26(34-2)27(35-3)20-23(21)18-22/h4-5,8-9,18-20H,6-7,10-17H2,1-3H3,(H,29,32). The number of piperazine rings is 1. The zero-order chi connectivity index (χ0) is 24.6. The van der Waals surface area contributed by atoms with Crippen molar-refractivity contribution in [3.05, 3.63) is 53.1 Å². The predicted molar refractivity (Wildman–Crippen MR) is 140 cm³/mol. The summed E-state index contributed by atoms with van der Waals surface area (Å²) < 4.78 is 16.3. The molecule has 2 aromatic carbocycles. The molecule has 1 fully saturated rings. The Labute approximate surface area is 208 Å². The van der Waals surface area contributed by atoms with Crippen molar-refractivity contribution in [2.75, 3.05) is 65.5 Å². The van der Waals surface area contributed by atoms with Gasteiger partial charge in [0.25, 0.3) is 0 Å². The van der Waals surface area contributed by atoms with E-state index in [2.05, 4.69) is 27.2 Å². The summed E-state index contributed by atoms with van der Waals surface area (Å²) in [6.45, 7) is 5.87. The van der Waals surface area contributed by atoms with E-state index in [1.54, 1.807) is 21.3 Å². The summed E-state index contributed by atoms with van der Waals surface area (Å²) >= 11 is 0. The number of carbonyl (C=O) groups is 1. The number of nitrogens with zero attached hydrogens (tertiary/aromatic N) is 2. The van der Waals surface area contributed by atoms with Gasteiger partial charge in [-0.25, -0.2) is 0 Å². The molecule has 1 saturated heterocycles. The molecule has 1 N–H and O–H groups in total. The molecule has 0 saturated carbocycles. The van der Waals surface area contributed by atoms with Gasteiger partial charge in [0, 0.05) is 38.3 Å². The molecule has 4 rings (SSSR count). The van der Waals surface area contributed by atoms with Crippen LogP contribution in [0.2, 0.25) is 0 Å². The van der Waals surface area contributed by atoms with Crippen LogP contribution in [0.15, 0.2) is 42.0 Å². The van der Waals surface area contributed by atoms with Gasteiger partial charge >= 0.3 is 0 Å². The number of carbonyl (C=O) groups excluding carboxylic acids is 1. The minimum Gasteiger partial charge on any atom is -0.495 e. The Kier molecular flexibility index (Phi) is 8.53. The van der Waals surface area contributed by atoms with Crippen molar-refractivity contribution in [2.45, 2.75) is 25.7 Å². The highest BCUT2D eigenvalue weighted by molar-refractivity contribution is 5.98. The third-order valence-electron chi connectivity index (χ3n) is 6.92. The topological polar surface area (TPSA) is 63.3 Å². The number of amides is 1. The van der Waals surface area contributed by atoms with Gasteiger partial charge in [0.05, 0.1) is 27.0 Å². The van der Waals surface area contributed by atoms with Crippen LogP contribution < -0.4 is 24.4 Å². The van der Waals surface area contributed by atoms with Crippen molar-refractivity contribution in [3.63, 3.8) is 0 Å². The van der Waals surface area contributed by atoms with Crippen LogP contribution in [0.4, 0.5) is 5.69 Å².